The largest absolute Gasteiger partial charge is 0.389 e. The van der Waals surface area contributed by atoms with Crippen molar-refractivity contribution < 1.29 is 17.9 Å². The number of hydrogen-bond donors (Lipinski definition) is 2. The fourth-order valence-electron chi connectivity index (χ4n) is 1.90. The molecule has 8 heteroatoms. The SMILES string of the molecule is CCN(CC(C)(C)O)S(=O)(=O)c1cccc(F)c1C(N)=S. The van der Waals surface area contributed by atoms with Crippen LogP contribution >= 0.6 is 12.2 Å². The van der Waals surface area contributed by atoms with Crippen molar-refractivity contribution >= 4 is 27.2 Å². The number of likely N-dealkylation sites (N-methyl/N-ethyl adjacent to an activating group) is 1. The minimum Gasteiger partial charge on any atom is -0.389 e. The van der Waals surface area contributed by atoms with E-state index in [2.05, 4.69) is 0 Å². The molecule has 118 valence electrons. The van der Waals surface area contributed by atoms with Crippen molar-refractivity contribution in [3.63, 3.8) is 0 Å². The van der Waals surface area contributed by atoms with Crippen LogP contribution in [0.3, 0.4) is 0 Å². The standard InChI is InChI=1S/C13H19FN2O3S2/c1-4-16(8-13(2,3)17)21(18,19)10-7-5-6-9(14)11(10)12(15)20/h5-7,17H,4,8H2,1-3H3,(H2,15,20). The molecule has 0 aliphatic heterocycles. The molecule has 1 aromatic rings. The summed E-state index contributed by atoms with van der Waals surface area (Å²) in [6.45, 7) is 4.61. The Balaban J connectivity index is 3.43. The first-order valence-electron chi connectivity index (χ1n) is 6.31. The molecule has 0 atom stereocenters. The van der Waals surface area contributed by atoms with Crippen molar-refractivity contribution in [2.75, 3.05) is 13.1 Å². The maximum atomic E-state index is 13.8. The smallest absolute Gasteiger partial charge is 0.243 e. The average molecular weight is 334 g/mol. The van der Waals surface area contributed by atoms with E-state index in [-0.39, 0.29) is 28.5 Å². The lowest BCUT2D eigenvalue weighted by Crippen LogP contribution is -2.42. The Morgan fingerprint density at radius 3 is 2.48 bits per heavy atom. The molecule has 0 aliphatic carbocycles. The van der Waals surface area contributed by atoms with Crippen LogP contribution in [0.1, 0.15) is 26.3 Å². The molecular formula is C13H19FN2O3S2. The summed E-state index contributed by atoms with van der Waals surface area (Å²) in [7, 11) is -4.02. The highest BCUT2D eigenvalue weighted by molar-refractivity contribution is 7.89. The summed E-state index contributed by atoms with van der Waals surface area (Å²) in [4.78, 5) is -0.618. The van der Waals surface area contributed by atoms with Crippen LogP contribution in [-0.4, -0.2) is 41.5 Å². The Hall–Kier alpha value is -1.09. The first kappa shape index (κ1) is 18.0. The van der Waals surface area contributed by atoms with E-state index < -0.39 is 21.4 Å². The fourth-order valence-corrected chi connectivity index (χ4v) is 3.99. The van der Waals surface area contributed by atoms with E-state index in [0.717, 1.165) is 10.4 Å². The summed E-state index contributed by atoms with van der Waals surface area (Å²) in [6, 6.07) is 3.63. The molecule has 0 aromatic heterocycles. The Kier molecular flexibility index (Phi) is 5.43. The van der Waals surface area contributed by atoms with Crippen LogP contribution in [0.2, 0.25) is 0 Å². The number of halogens is 1. The van der Waals surface area contributed by atoms with Crippen LogP contribution in [-0.2, 0) is 10.0 Å². The first-order valence-corrected chi connectivity index (χ1v) is 8.16. The van der Waals surface area contributed by atoms with Crippen LogP contribution in [0.25, 0.3) is 0 Å². The predicted molar refractivity (Wildman–Crippen MR) is 83.0 cm³/mol. The second-order valence-corrected chi connectivity index (χ2v) is 7.57. The monoisotopic (exact) mass is 334 g/mol. The highest BCUT2D eigenvalue weighted by Crippen LogP contribution is 2.24. The molecule has 3 N–H and O–H groups in total. The highest BCUT2D eigenvalue weighted by atomic mass is 32.2. The van der Waals surface area contributed by atoms with Gasteiger partial charge in [0.2, 0.25) is 10.0 Å². The summed E-state index contributed by atoms with van der Waals surface area (Å²) in [6.07, 6.45) is 0. The Morgan fingerprint density at radius 1 is 1.48 bits per heavy atom. The van der Waals surface area contributed by atoms with Crippen molar-refractivity contribution in [3.05, 3.63) is 29.6 Å². The van der Waals surface area contributed by atoms with Crippen molar-refractivity contribution in [2.24, 2.45) is 5.73 Å². The van der Waals surface area contributed by atoms with Crippen molar-refractivity contribution in [1.82, 2.24) is 4.31 Å². The molecule has 0 radical (unpaired) electrons. The summed E-state index contributed by atoms with van der Waals surface area (Å²) < 4.78 is 40.2. The van der Waals surface area contributed by atoms with E-state index in [9.17, 15) is 17.9 Å². The number of sulfonamides is 1. The first-order chi connectivity index (χ1) is 9.50. The van der Waals surface area contributed by atoms with Crippen LogP contribution in [0.4, 0.5) is 4.39 Å². The number of nitrogens with zero attached hydrogens (tertiary/aromatic N) is 1. The lowest BCUT2D eigenvalue weighted by atomic mass is 10.1. The third-order valence-corrected chi connectivity index (χ3v) is 4.92. The van der Waals surface area contributed by atoms with Gasteiger partial charge in [-0.1, -0.05) is 25.2 Å². The van der Waals surface area contributed by atoms with E-state index >= 15 is 0 Å². The fraction of sp³-hybridized carbons (Fsp3) is 0.462. The van der Waals surface area contributed by atoms with Crippen LogP contribution < -0.4 is 5.73 Å². The molecule has 0 bridgehead atoms. The molecule has 0 saturated heterocycles. The van der Waals surface area contributed by atoms with Gasteiger partial charge in [-0.05, 0) is 26.0 Å². The van der Waals surface area contributed by atoms with Gasteiger partial charge in [-0.15, -0.1) is 0 Å². The zero-order valence-electron chi connectivity index (χ0n) is 12.1. The quantitative estimate of drug-likeness (QED) is 0.765. The number of aliphatic hydroxyl groups is 1. The molecular weight excluding hydrogens is 315 g/mol. The normalized spacial score (nSPS) is 12.7. The van der Waals surface area contributed by atoms with Gasteiger partial charge in [-0.2, -0.15) is 4.31 Å². The number of nitrogens with two attached hydrogens (primary N) is 1. The Morgan fingerprint density at radius 2 is 2.05 bits per heavy atom. The summed E-state index contributed by atoms with van der Waals surface area (Å²) >= 11 is 4.74. The molecule has 0 amide bonds. The predicted octanol–water partition coefficient (Wildman–Crippen LogP) is 1.24. The lowest BCUT2D eigenvalue weighted by Gasteiger charge is -2.28. The molecule has 0 fully saturated rings. The Bertz CT molecular complexity index is 639. The minimum absolute atomic E-state index is 0.125. The molecule has 1 aromatic carbocycles. The topological polar surface area (TPSA) is 83.6 Å². The zero-order chi connectivity index (χ0) is 16.4. The van der Waals surface area contributed by atoms with Gasteiger partial charge in [0, 0.05) is 13.1 Å². The highest BCUT2D eigenvalue weighted by Gasteiger charge is 2.31. The van der Waals surface area contributed by atoms with Crippen molar-refractivity contribution in [3.8, 4) is 0 Å². The summed E-state index contributed by atoms with van der Waals surface area (Å²) in [5.41, 5.74) is 3.91. The number of rotatable bonds is 6. The van der Waals surface area contributed by atoms with Crippen molar-refractivity contribution in [2.45, 2.75) is 31.3 Å². The lowest BCUT2D eigenvalue weighted by molar-refractivity contribution is 0.0601. The molecule has 1 rings (SSSR count). The zero-order valence-corrected chi connectivity index (χ0v) is 13.8. The van der Waals surface area contributed by atoms with Crippen LogP contribution in [0.5, 0.6) is 0 Å². The number of hydrogen-bond acceptors (Lipinski definition) is 4. The van der Waals surface area contributed by atoms with Gasteiger partial charge in [0.25, 0.3) is 0 Å². The van der Waals surface area contributed by atoms with Gasteiger partial charge in [-0.3, -0.25) is 0 Å². The minimum atomic E-state index is -4.02. The summed E-state index contributed by atoms with van der Waals surface area (Å²) in [5, 5.41) is 9.83. The van der Waals surface area contributed by atoms with E-state index in [0.29, 0.717) is 0 Å². The molecule has 0 heterocycles. The molecule has 0 saturated carbocycles. The van der Waals surface area contributed by atoms with E-state index in [4.69, 9.17) is 18.0 Å². The van der Waals surface area contributed by atoms with Gasteiger partial charge in [0.05, 0.1) is 16.1 Å². The number of thiocarbonyl (C=S) groups is 1. The van der Waals surface area contributed by atoms with Gasteiger partial charge in [0.1, 0.15) is 10.8 Å². The van der Waals surface area contributed by atoms with Crippen LogP contribution in [0, 0.1) is 5.82 Å². The maximum absolute atomic E-state index is 13.8. The van der Waals surface area contributed by atoms with Crippen LogP contribution in [0.15, 0.2) is 23.1 Å². The maximum Gasteiger partial charge on any atom is 0.243 e. The van der Waals surface area contributed by atoms with E-state index in [1.54, 1.807) is 6.92 Å². The molecule has 0 spiro atoms. The third kappa shape index (κ3) is 4.19. The second-order valence-electron chi connectivity index (χ2n) is 5.22. The van der Waals surface area contributed by atoms with Crippen molar-refractivity contribution in [1.29, 1.82) is 0 Å². The van der Waals surface area contributed by atoms with Gasteiger partial charge < -0.3 is 10.8 Å². The third-order valence-electron chi connectivity index (χ3n) is 2.76. The molecule has 21 heavy (non-hydrogen) atoms. The average Bonchev–Trinajstić information content (AvgIpc) is 2.33. The molecule has 5 nitrogen and oxygen atoms in total. The second kappa shape index (κ2) is 6.35. The van der Waals surface area contributed by atoms with E-state index in [1.807, 2.05) is 0 Å². The van der Waals surface area contributed by atoms with Gasteiger partial charge in [0.15, 0.2) is 0 Å². The van der Waals surface area contributed by atoms with Gasteiger partial charge in [-0.25, -0.2) is 12.8 Å². The molecule has 0 unspecified atom stereocenters. The summed E-state index contributed by atoms with van der Waals surface area (Å²) in [5.74, 6) is -0.789. The molecule has 0 aliphatic rings. The van der Waals surface area contributed by atoms with E-state index in [1.165, 1.54) is 26.0 Å². The number of benzene rings is 1. The Labute approximate surface area is 129 Å². The van der Waals surface area contributed by atoms with Gasteiger partial charge >= 0.3 is 0 Å².